The lowest BCUT2D eigenvalue weighted by atomic mass is 10.0. The van der Waals surface area contributed by atoms with E-state index in [0.717, 1.165) is 63.0 Å². The zero-order valence-corrected chi connectivity index (χ0v) is 22.0. The maximum absolute atomic E-state index is 12.4. The molecular weight excluding hydrogens is 505 g/mol. The van der Waals surface area contributed by atoms with E-state index in [2.05, 4.69) is 34.4 Å². The number of carbonyl (C=O) groups is 1. The lowest BCUT2D eigenvalue weighted by molar-refractivity contribution is 0.00752. The van der Waals surface area contributed by atoms with E-state index in [9.17, 15) is 4.79 Å². The third kappa shape index (κ3) is 8.57. The predicted molar refractivity (Wildman–Crippen MR) is 138 cm³/mol. The third-order valence-corrected chi connectivity index (χ3v) is 5.70. The number of rotatable bonds is 9. The molecular formula is C23H40IN5O2. The lowest BCUT2D eigenvalue weighted by Crippen LogP contribution is -2.52. The number of aliphatic imine (C=N–C) groups is 1. The van der Waals surface area contributed by atoms with Gasteiger partial charge < -0.3 is 20.3 Å². The highest BCUT2D eigenvalue weighted by atomic mass is 127. The summed E-state index contributed by atoms with van der Waals surface area (Å²) in [5.41, 5.74) is 1.85. The average Bonchev–Trinajstić information content (AvgIpc) is 2.77. The molecule has 1 amide bonds. The minimum Gasteiger partial charge on any atom is -0.379 e. The Labute approximate surface area is 205 Å². The first kappa shape index (κ1) is 27.6. The largest absolute Gasteiger partial charge is 0.379 e. The smallest absolute Gasteiger partial charge is 0.253 e. The number of nitrogens with zero attached hydrogens (tertiary/aromatic N) is 3. The highest BCUT2D eigenvalue weighted by Crippen LogP contribution is 2.12. The molecule has 1 heterocycles. The van der Waals surface area contributed by atoms with Gasteiger partial charge in [0.05, 0.1) is 13.2 Å². The second-order valence-electron chi connectivity index (χ2n) is 7.94. The van der Waals surface area contributed by atoms with Crippen molar-refractivity contribution >= 4 is 35.8 Å². The van der Waals surface area contributed by atoms with Crippen molar-refractivity contribution in [3.05, 3.63) is 35.4 Å². The Morgan fingerprint density at radius 3 is 2.26 bits per heavy atom. The van der Waals surface area contributed by atoms with Gasteiger partial charge >= 0.3 is 0 Å². The van der Waals surface area contributed by atoms with Gasteiger partial charge in [-0.3, -0.25) is 14.7 Å². The van der Waals surface area contributed by atoms with Crippen LogP contribution in [0.5, 0.6) is 0 Å². The van der Waals surface area contributed by atoms with Crippen molar-refractivity contribution in [2.75, 3.05) is 53.0 Å². The first-order chi connectivity index (χ1) is 14.5. The fraction of sp³-hybridized carbons (Fsp3) is 0.652. The third-order valence-electron chi connectivity index (χ3n) is 5.70. The van der Waals surface area contributed by atoms with E-state index in [4.69, 9.17) is 4.74 Å². The Bertz CT molecular complexity index is 671. The number of hydrogen-bond donors (Lipinski definition) is 2. The molecule has 2 rings (SSSR count). The Morgan fingerprint density at radius 2 is 1.74 bits per heavy atom. The molecule has 1 aromatic rings. The SMILES string of the molecule is CCN(CC)C(=O)c1ccc(CNC(=NC)NCC(C(C)C)N2CCOCC2)cc1.I. The molecule has 7 nitrogen and oxygen atoms in total. The minimum absolute atomic E-state index is 0. The summed E-state index contributed by atoms with van der Waals surface area (Å²) in [5, 5.41) is 6.85. The Hall–Kier alpha value is -1.39. The molecule has 176 valence electrons. The summed E-state index contributed by atoms with van der Waals surface area (Å²) in [6, 6.07) is 8.25. The monoisotopic (exact) mass is 545 g/mol. The topological polar surface area (TPSA) is 69.2 Å². The Kier molecular flexibility index (Phi) is 13.0. The number of carbonyl (C=O) groups excluding carboxylic acids is 1. The molecule has 0 aromatic heterocycles. The number of morpholine rings is 1. The quantitative estimate of drug-likeness (QED) is 0.284. The molecule has 1 atom stereocenters. The number of halogens is 1. The number of guanidine groups is 1. The minimum atomic E-state index is 0. The van der Waals surface area contributed by atoms with Crippen LogP contribution in [0.1, 0.15) is 43.6 Å². The second-order valence-corrected chi connectivity index (χ2v) is 7.94. The van der Waals surface area contributed by atoms with Crippen molar-refractivity contribution in [2.45, 2.75) is 40.3 Å². The fourth-order valence-corrected chi connectivity index (χ4v) is 3.76. The summed E-state index contributed by atoms with van der Waals surface area (Å²) in [4.78, 5) is 21.1. The fourth-order valence-electron chi connectivity index (χ4n) is 3.76. The van der Waals surface area contributed by atoms with E-state index >= 15 is 0 Å². The maximum Gasteiger partial charge on any atom is 0.253 e. The van der Waals surface area contributed by atoms with Crippen molar-refractivity contribution in [1.82, 2.24) is 20.4 Å². The summed E-state index contributed by atoms with van der Waals surface area (Å²) >= 11 is 0. The number of amides is 1. The zero-order chi connectivity index (χ0) is 21.9. The molecule has 1 unspecified atom stereocenters. The Balaban J connectivity index is 0.00000480. The lowest BCUT2D eigenvalue weighted by Gasteiger charge is -2.37. The Morgan fingerprint density at radius 1 is 1.13 bits per heavy atom. The van der Waals surface area contributed by atoms with Crippen LogP contribution < -0.4 is 10.6 Å². The molecule has 0 bridgehead atoms. The van der Waals surface area contributed by atoms with Crippen LogP contribution in [0.25, 0.3) is 0 Å². The summed E-state index contributed by atoms with van der Waals surface area (Å²) in [5.74, 6) is 1.42. The zero-order valence-electron chi connectivity index (χ0n) is 19.7. The van der Waals surface area contributed by atoms with E-state index < -0.39 is 0 Å². The molecule has 1 fully saturated rings. The normalized spacial score (nSPS) is 15.9. The molecule has 0 aliphatic carbocycles. The summed E-state index contributed by atoms with van der Waals surface area (Å²) in [7, 11) is 1.79. The first-order valence-electron chi connectivity index (χ1n) is 11.1. The van der Waals surface area contributed by atoms with Crippen LogP contribution in [0.2, 0.25) is 0 Å². The predicted octanol–water partition coefficient (Wildman–Crippen LogP) is 2.81. The van der Waals surface area contributed by atoms with Crippen LogP contribution in [0.3, 0.4) is 0 Å². The van der Waals surface area contributed by atoms with Crippen LogP contribution in [-0.2, 0) is 11.3 Å². The van der Waals surface area contributed by atoms with Gasteiger partial charge in [-0.25, -0.2) is 0 Å². The van der Waals surface area contributed by atoms with Gasteiger partial charge in [-0.1, -0.05) is 26.0 Å². The molecule has 0 saturated carbocycles. The maximum atomic E-state index is 12.4. The summed E-state index contributed by atoms with van der Waals surface area (Å²) in [6.07, 6.45) is 0. The average molecular weight is 546 g/mol. The van der Waals surface area contributed by atoms with Gasteiger partial charge in [0.2, 0.25) is 0 Å². The van der Waals surface area contributed by atoms with E-state index in [1.807, 2.05) is 43.0 Å². The standard InChI is InChI=1S/C23H39N5O2.HI/c1-6-27(7-2)22(29)20-10-8-19(9-11-20)16-25-23(24-5)26-17-21(18(3)4)28-12-14-30-15-13-28;/h8-11,18,21H,6-7,12-17H2,1-5H3,(H2,24,25,26);1H. The van der Waals surface area contributed by atoms with E-state index in [-0.39, 0.29) is 29.9 Å². The number of ether oxygens (including phenoxy) is 1. The highest BCUT2D eigenvalue weighted by molar-refractivity contribution is 14.0. The van der Waals surface area contributed by atoms with Gasteiger partial charge in [0.25, 0.3) is 5.91 Å². The van der Waals surface area contributed by atoms with Gasteiger partial charge in [0.1, 0.15) is 0 Å². The molecule has 0 spiro atoms. The van der Waals surface area contributed by atoms with Crippen LogP contribution in [0.15, 0.2) is 29.3 Å². The van der Waals surface area contributed by atoms with Crippen LogP contribution in [0, 0.1) is 5.92 Å². The van der Waals surface area contributed by atoms with Crippen molar-refractivity contribution in [3.8, 4) is 0 Å². The van der Waals surface area contributed by atoms with Gasteiger partial charge in [-0.2, -0.15) is 0 Å². The molecule has 1 aromatic carbocycles. The van der Waals surface area contributed by atoms with E-state index in [1.165, 1.54) is 0 Å². The summed E-state index contributed by atoms with van der Waals surface area (Å²) in [6.45, 7) is 15.1. The molecule has 0 radical (unpaired) electrons. The second kappa shape index (κ2) is 14.6. The number of benzene rings is 1. The van der Waals surface area contributed by atoms with Crippen molar-refractivity contribution < 1.29 is 9.53 Å². The number of nitrogens with one attached hydrogen (secondary N) is 2. The summed E-state index contributed by atoms with van der Waals surface area (Å²) < 4.78 is 5.49. The van der Waals surface area contributed by atoms with Gasteiger partial charge in [-0.05, 0) is 37.5 Å². The van der Waals surface area contributed by atoms with Gasteiger partial charge in [0.15, 0.2) is 5.96 Å². The number of hydrogen-bond acceptors (Lipinski definition) is 4. The molecule has 2 N–H and O–H groups in total. The van der Waals surface area contributed by atoms with E-state index in [1.54, 1.807) is 7.05 Å². The van der Waals surface area contributed by atoms with Crippen LogP contribution in [0.4, 0.5) is 0 Å². The van der Waals surface area contributed by atoms with Gasteiger partial charge in [-0.15, -0.1) is 24.0 Å². The van der Waals surface area contributed by atoms with Crippen molar-refractivity contribution in [2.24, 2.45) is 10.9 Å². The van der Waals surface area contributed by atoms with Crippen molar-refractivity contribution in [3.63, 3.8) is 0 Å². The molecule has 1 aliphatic heterocycles. The highest BCUT2D eigenvalue weighted by Gasteiger charge is 2.23. The van der Waals surface area contributed by atoms with Crippen LogP contribution in [-0.4, -0.2) is 80.7 Å². The van der Waals surface area contributed by atoms with Crippen molar-refractivity contribution in [1.29, 1.82) is 0 Å². The molecule has 1 saturated heterocycles. The van der Waals surface area contributed by atoms with E-state index in [0.29, 0.717) is 18.5 Å². The van der Waals surface area contributed by atoms with Gasteiger partial charge in [0, 0.05) is 57.9 Å². The van der Waals surface area contributed by atoms with Crippen LogP contribution >= 0.6 is 24.0 Å². The molecule has 8 heteroatoms. The molecule has 1 aliphatic rings. The first-order valence-corrected chi connectivity index (χ1v) is 11.1. The molecule has 31 heavy (non-hydrogen) atoms.